The zero-order chi connectivity index (χ0) is 11.2. The summed E-state index contributed by atoms with van der Waals surface area (Å²) in [6, 6.07) is 0. The summed E-state index contributed by atoms with van der Waals surface area (Å²) in [6.45, 7) is 3.02. The molecule has 0 heterocycles. The van der Waals surface area contributed by atoms with Crippen LogP contribution in [0.25, 0.3) is 0 Å². The van der Waals surface area contributed by atoms with E-state index in [1.54, 1.807) is 6.92 Å². The van der Waals surface area contributed by atoms with E-state index in [1.807, 2.05) is 0 Å². The third-order valence-corrected chi connectivity index (χ3v) is 2.43. The molecule has 1 atom stereocenters. The van der Waals surface area contributed by atoms with Crippen molar-refractivity contribution in [3.05, 3.63) is 0 Å². The first-order valence-corrected chi connectivity index (χ1v) is 5.83. The molecule has 0 aromatic rings. The fourth-order valence-electron chi connectivity index (χ4n) is 1.03. The van der Waals surface area contributed by atoms with Gasteiger partial charge in [-0.3, -0.25) is 4.55 Å². The summed E-state index contributed by atoms with van der Waals surface area (Å²) >= 11 is 0. The number of ketones is 1. The van der Waals surface area contributed by atoms with Gasteiger partial charge < -0.3 is 4.79 Å². The quantitative estimate of drug-likeness (QED) is 0.549. The van der Waals surface area contributed by atoms with E-state index in [4.69, 9.17) is 4.55 Å². The summed E-state index contributed by atoms with van der Waals surface area (Å²) in [7, 11) is -4.01. The molecule has 0 amide bonds. The van der Waals surface area contributed by atoms with Gasteiger partial charge in [-0.25, -0.2) is 0 Å². The van der Waals surface area contributed by atoms with Crippen LogP contribution in [0.3, 0.4) is 0 Å². The van der Waals surface area contributed by atoms with Gasteiger partial charge in [-0.2, -0.15) is 8.42 Å². The van der Waals surface area contributed by atoms with Crippen molar-refractivity contribution in [2.75, 3.05) is 5.75 Å². The molecular formula is C9H14O4S. The average Bonchev–Trinajstić information content (AvgIpc) is 1.98. The fraction of sp³-hybridized carbons (Fsp3) is 0.667. The Morgan fingerprint density at radius 2 is 2.07 bits per heavy atom. The molecule has 0 bridgehead atoms. The smallest absolute Gasteiger partial charge is 0.266 e. The van der Waals surface area contributed by atoms with Gasteiger partial charge in [0.15, 0.2) is 0 Å². The molecule has 0 saturated heterocycles. The van der Waals surface area contributed by atoms with E-state index in [0.29, 0.717) is 6.42 Å². The number of carbonyl (C=O) groups excluding carboxylic acids is 1. The van der Waals surface area contributed by atoms with E-state index in [-0.39, 0.29) is 12.2 Å². The van der Waals surface area contributed by atoms with Crippen LogP contribution in [0, 0.1) is 17.8 Å². The second-order valence-corrected chi connectivity index (χ2v) is 4.58. The number of hydrogen-bond acceptors (Lipinski definition) is 3. The lowest BCUT2D eigenvalue weighted by molar-refractivity contribution is -0.117. The van der Waals surface area contributed by atoms with Crippen molar-refractivity contribution in [1.82, 2.24) is 0 Å². The van der Waals surface area contributed by atoms with Gasteiger partial charge in [-0.15, -0.1) is 5.92 Å². The van der Waals surface area contributed by atoms with Crippen LogP contribution in [-0.2, 0) is 14.9 Å². The molecule has 0 spiro atoms. The van der Waals surface area contributed by atoms with Crippen LogP contribution in [0.4, 0.5) is 0 Å². The van der Waals surface area contributed by atoms with E-state index in [2.05, 4.69) is 11.8 Å². The number of hydrogen-bond donors (Lipinski definition) is 1. The molecule has 0 aromatic carbocycles. The Morgan fingerprint density at radius 1 is 1.50 bits per heavy atom. The van der Waals surface area contributed by atoms with Gasteiger partial charge in [0.1, 0.15) is 5.78 Å². The molecule has 14 heavy (non-hydrogen) atoms. The van der Waals surface area contributed by atoms with Crippen LogP contribution in [0.15, 0.2) is 0 Å². The van der Waals surface area contributed by atoms with Crippen molar-refractivity contribution in [3.8, 4) is 11.8 Å². The molecule has 1 unspecified atom stereocenters. The Kier molecular flexibility index (Phi) is 5.43. The normalized spacial score (nSPS) is 12.8. The van der Waals surface area contributed by atoms with E-state index in [9.17, 15) is 13.2 Å². The highest BCUT2D eigenvalue weighted by Gasteiger charge is 2.15. The molecule has 0 rings (SSSR count). The third kappa shape index (κ3) is 7.77. The molecular weight excluding hydrogens is 204 g/mol. The Bertz CT molecular complexity index is 345. The van der Waals surface area contributed by atoms with Gasteiger partial charge in [0, 0.05) is 12.3 Å². The first kappa shape index (κ1) is 13.1. The summed E-state index contributed by atoms with van der Waals surface area (Å²) in [5.74, 6) is 4.36. The van der Waals surface area contributed by atoms with E-state index in [0.717, 1.165) is 0 Å². The number of rotatable bonds is 5. The van der Waals surface area contributed by atoms with Crippen molar-refractivity contribution in [1.29, 1.82) is 0 Å². The zero-order valence-corrected chi connectivity index (χ0v) is 9.10. The number of Topliss-reactive ketones (excluding diaryl/α,β-unsaturated/α-hetero) is 1. The van der Waals surface area contributed by atoms with Crippen LogP contribution in [0.1, 0.15) is 26.7 Å². The molecule has 0 fully saturated rings. The monoisotopic (exact) mass is 218 g/mol. The van der Waals surface area contributed by atoms with Gasteiger partial charge in [0.25, 0.3) is 10.1 Å². The van der Waals surface area contributed by atoms with Crippen LogP contribution < -0.4 is 0 Å². The minimum absolute atomic E-state index is 0.0109. The Labute approximate surface area is 84.4 Å². The van der Waals surface area contributed by atoms with Crippen molar-refractivity contribution < 1.29 is 17.8 Å². The SMILES string of the molecule is CC#CC(CCC(C)=O)CS(=O)(=O)O. The van der Waals surface area contributed by atoms with Gasteiger partial charge in [-0.05, 0) is 20.3 Å². The maximum atomic E-state index is 10.7. The molecule has 4 nitrogen and oxygen atoms in total. The van der Waals surface area contributed by atoms with Crippen LogP contribution in [0.2, 0.25) is 0 Å². The lowest BCUT2D eigenvalue weighted by atomic mass is 10.0. The second-order valence-electron chi connectivity index (χ2n) is 3.08. The lowest BCUT2D eigenvalue weighted by Crippen LogP contribution is -2.14. The molecule has 0 aliphatic rings. The van der Waals surface area contributed by atoms with Gasteiger partial charge >= 0.3 is 0 Å². The maximum absolute atomic E-state index is 10.7. The molecule has 5 heteroatoms. The molecule has 0 aromatic heterocycles. The Balaban J connectivity index is 4.29. The van der Waals surface area contributed by atoms with Crippen LogP contribution >= 0.6 is 0 Å². The largest absolute Gasteiger partial charge is 0.300 e. The molecule has 80 valence electrons. The lowest BCUT2D eigenvalue weighted by Gasteiger charge is -2.06. The van der Waals surface area contributed by atoms with E-state index in [1.165, 1.54) is 6.92 Å². The first-order valence-electron chi connectivity index (χ1n) is 4.22. The molecule has 0 aliphatic carbocycles. The Morgan fingerprint density at radius 3 is 2.43 bits per heavy atom. The summed E-state index contributed by atoms with van der Waals surface area (Å²) in [6.07, 6.45) is 0.658. The third-order valence-electron chi connectivity index (χ3n) is 1.61. The van der Waals surface area contributed by atoms with E-state index < -0.39 is 21.8 Å². The average molecular weight is 218 g/mol. The summed E-state index contributed by atoms with van der Waals surface area (Å²) in [5, 5.41) is 0. The highest BCUT2D eigenvalue weighted by Crippen LogP contribution is 2.08. The summed E-state index contributed by atoms with van der Waals surface area (Å²) in [4.78, 5) is 10.7. The van der Waals surface area contributed by atoms with Crippen LogP contribution in [-0.4, -0.2) is 24.5 Å². The van der Waals surface area contributed by atoms with Gasteiger partial charge in [0.2, 0.25) is 0 Å². The summed E-state index contributed by atoms with van der Waals surface area (Å²) in [5.41, 5.74) is 0. The van der Waals surface area contributed by atoms with E-state index >= 15 is 0 Å². The highest BCUT2D eigenvalue weighted by molar-refractivity contribution is 7.85. The predicted molar refractivity (Wildman–Crippen MR) is 53.3 cm³/mol. The topological polar surface area (TPSA) is 71.4 Å². The van der Waals surface area contributed by atoms with Crippen LogP contribution in [0.5, 0.6) is 0 Å². The van der Waals surface area contributed by atoms with Crippen molar-refractivity contribution in [3.63, 3.8) is 0 Å². The summed E-state index contributed by atoms with van der Waals surface area (Å²) < 4.78 is 29.7. The molecule has 1 N–H and O–H groups in total. The highest BCUT2D eigenvalue weighted by atomic mass is 32.2. The molecule has 0 radical (unpaired) electrons. The number of carbonyl (C=O) groups is 1. The molecule has 0 saturated carbocycles. The minimum atomic E-state index is -4.01. The molecule has 0 aliphatic heterocycles. The minimum Gasteiger partial charge on any atom is -0.300 e. The maximum Gasteiger partial charge on any atom is 0.266 e. The zero-order valence-electron chi connectivity index (χ0n) is 8.28. The predicted octanol–water partition coefficient (Wildman–Crippen LogP) is 0.883. The standard InChI is InChI=1S/C9H14O4S/c1-3-4-9(6-5-8(2)10)7-14(11,12)13/h9H,5-7H2,1-2H3,(H,11,12,13). The van der Waals surface area contributed by atoms with Gasteiger partial charge in [0.05, 0.1) is 5.75 Å². The fourth-order valence-corrected chi connectivity index (χ4v) is 1.79. The van der Waals surface area contributed by atoms with Gasteiger partial charge in [-0.1, -0.05) is 5.92 Å². The second kappa shape index (κ2) is 5.78. The van der Waals surface area contributed by atoms with Crippen molar-refractivity contribution >= 4 is 15.9 Å². The van der Waals surface area contributed by atoms with Crippen molar-refractivity contribution in [2.24, 2.45) is 5.92 Å². The van der Waals surface area contributed by atoms with Crippen molar-refractivity contribution in [2.45, 2.75) is 26.7 Å². The Hall–Kier alpha value is -0.860. The first-order chi connectivity index (χ1) is 6.35.